The fraction of sp³-hybridized carbons (Fsp3) is 0.833. The first kappa shape index (κ1) is 20.7. The van der Waals surface area contributed by atoms with E-state index in [2.05, 4.69) is 37.5 Å². The molecule has 1 heterocycles. The summed E-state index contributed by atoms with van der Waals surface area (Å²) in [7, 11) is 1.99. The molecule has 7 atom stereocenters. The fourth-order valence-corrected chi connectivity index (χ4v) is 7.70. The minimum Gasteiger partial charge on any atom is -0.338 e. The van der Waals surface area contributed by atoms with Gasteiger partial charge in [-0.05, 0) is 80.1 Å². The van der Waals surface area contributed by atoms with Gasteiger partial charge in [-0.2, -0.15) is 0 Å². The maximum atomic E-state index is 12.2. The lowest BCUT2D eigenvalue weighted by Crippen LogP contribution is -2.59. The Bertz CT molecular complexity index is 692. The molecule has 5 heteroatoms. The molecule has 4 rings (SSSR count). The number of rotatable bonds is 4. The third-order valence-electron chi connectivity index (χ3n) is 9.37. The summed E-state index contributed by atoms with van der Waals surface area (Å²) in [5.41, 5.74) is 0.450. The predicted octanol–water partition coefficient (Wildman–Crippen LogP) is 3.95. The molecule has 2 unspecified atom stereocenters. The molecule has 0 spiro atoms. The van der Waals surface area contributed by atoms with Crippen LogP contribution < -0.4 is 10.6 Å². The van der Waals surface area contributed by atoms with Crippen molar-refractivity contribution >= 4 is 11.9 Å². The second-order valence-electron chi connectivity index (χ2n) is 10.6. The second-order valence-corrected chi connectivity index (χ2v) is 10.6. The van der Waals surface area contributed by atoms with Crippen LogP contribution >= 0.6 is 0 Å². The van der Waals surface area contributed by atoms with E-state index in [0.717, 1.165) is 37.8 Å². The van der Waals surface area contributed by atoms with Gasteiger partial charge in [-0.1, -0.05) is 26.8 Å². The normalized spacial score (nSPS) is 43.4. The molecule has 29 heavy (non-hydrogen) atoms. The standard InChI is InChI=1S/C24H39N3O2/c1-5-14-25-22(29)26-15-16-6-8-18-17-7-9-20-24(3,13-11-21(28)27(20)4)19(17)10-12-23(16,18)2/h11,13,16-20H,5-10,12,14-15H2,1-4H3,(H2,25,26,29)/t16?,17-,18-,19+,20?,23+,24+/m0/s1. The number of amides is 3. The molecular weight excluding hydrogens is 362 g/mol. The molecule has 162 valence electrons. The van der Waals surface area contributed by atoms with E-state index in [1.807, 2.05) is 18.0 Å². The zero-order valence-corrected chi connectivity index (χ0v) is 18.7. The molecule has 3 amide bonds. The van der Waals surface area contributed by atoms with Gasteiger partial charge in [0.1, 0.15) is 0 Å². The SMILES string of the molecule is CCCNC(=O)NCC1CC[C@H]2[C@@H]3CCC4N(C)C(=O)C=C[C@]4(C)[C@@H]3CC[C@]12C. The van der Waals surface area contributed by atoms with Gasteiger partial charge in [0.05, 0.1) is 0 Å². The minimum atomic E-state index is -0.0133. The summed E-state index contributed by atoms with van der Waals surface area (Å²) >= 11 is 0. The van der Waals surface area contributed by atoms with Crippen LogP contribution in [0.15, 0.2) is 12.2 Å². The van der Waals surface area contributed by atoms with Crippen LogP contribution in [0, 0.1) is 34.5 Å². The van der Waals surface area contributed by atoms with E-state index in [9.17, 15) is 9.59 Å². The summed E-state index contributed by atoms with van der Waals surface area (Å²) in [5.74, 6) is 2.92. The largest absolute Gasteiger partial charge is 0.338 e. The number of carbonyl (C=O) groups is 2. The third kappa shape index (κ3) is 3.29. The number of likely N-dealkylation sites (N-methyl/N-ethyl adjacent to an activating group) is 1. The van der Waals surface area contributed by atoms with Gasteiger partial charge in [0.25, 0.3) is 0 Å². The van der Waals surface area contributed by atoms with Gasteiger partial charge in [-0.25, -0.2) is 4.79 Å². The summed E-state index contributed by atoms with van der Waals surface area (Å²) in [6, 6.07) is 0.340. The molecule has 2 N–H and O–H groups in total. The highest BCUT2D eigenvalue weighted by Gasteiger charge is 2.60. The maximum absolute atomic E-state index is 12.2. The highest BCUT2D eigenvalue weighted by molar-refractivity contribution is 5.89. The quantitative estimate of drug-likeness (QED) is 0.749. The smallest absolute Gasteiger partial charge is 0.314 e. The lowest BCUT2D eigenvalue weighted by Gasteiger charge is -2.60. The van der Waals surface area contributed by atoms with Crippen LogP contribution in [0.2, 0.25) is 0 Å². The molecule has 3 fully saturated rings. The van der Waals surface area contributed by atoms with E-state index < -0.39 is 0 Å². The van der Waals surface area contributed by atoms with Crippen LogP contribution in [-0.4, -0.2) is 43.0 Å². The molecule has 1 aliphatic heterocycles. The molecule has 0 aromatic carbocycles. The van der Waals surface area contributed by atoms with E-state index in [4.69, 9.17) is 0 Å². The van der Waals surface area contributed by atoms with Gasteiger partial charge in [-0.3, -0.25) is 4.79 Å². The monoisotopic (exact) mass is 401 g/mol. The molecule has 0 radical (unpaired) electrons. The predicted molar refractivity (Wildman–Crippen MR) is 115 cm³/mol. The van der Waals surface area contributed by atoms with Crippen molar-refractivity contribution in [2.45, 2.75) is 71.8 Å². The highest BCUT2D eigenvalue weighted by Crippen LogP contribution is 2.65. The van der Waals surface area contributed by atoms with Crippen molar-refractivity contribution in [1.82, 2.24) is 15.5 Å². The Morgan fingerprint density at radius 1 is 1.14 bits per heavy atom. The number of fused-ring (bicyclic) bond motifs is 5. The number of nitrogens with zero attached hydrogens (tertiary/aromatic N) is 1. The molecule has 0 bridgehead atoms. The Morgan fingerprint density at radius 3 is 2.69 bits per heavy atom. The molecule has 0 aromatic rings. The summed E-state index contributed by atoms with van der Waals surface area (Å²) in [5, 5.41) is 6.09. The van der Waals surface area contributed by atoms with Crippen molar-refractivity contribution in [2.24, 2.45) is 34.5 Å². The van der Waals surface area contributed by atoms with E-state index in [1.165, 1.54) is 32.1 Å². The van der Waals surface area contributed by atoms with Crippen molar-refractivity contribution < 1.29 is 9.59 Å². The summed E-state index contributed by atoms with van der Waals surface area (Å²) in [6.07, 6.45) is 12.4. The van der Waals surface area contributed by atoms with E-state index >= 15 is 0 Å². The van der Waals surface area contributed by atoms with Gasteiger partial charge < -0.3 is 15.5 Å². The molecule has 3 saturated carbocycles. The summed E-state index contributed by atoms with van der Waals surface area (Å²) in [6.45, 7) is 8.52. The third-order valence-corrected chi connectivity index (χ3v) is 9.37. The topological polar surface area (TPSA) is 61.4 Å². The lowest BCUT2D eigenvalue weighted by atomic mass is 9.47. The van der Waals surface area contributed by atoms with Gasteiger partial charge in [0.15, 0.2) is 0 Å². The first-order valence-electron chi connectivity index (χ1n) is 11.8. The van der Waals surface area contributed by atoms with E-state index in [0.29, 0.717) is 23.3 Å². The van der Waals surface area contributed by atoms with Crippen LogP contribution in [0.5, 0.6) is 0 Å². The van der Waals surface area contributed by atoms with E-state index in [1.54, 1.807) is 0 Å². The number of carbonyl (C=O) groups excluding carboxylic acids is 2. The number of nitrogens with one attached hydrogen (secondary N) is 2. The lowest BCUT2D eigenvalue weighted by molar-refractivity contribution is -0.138. The molecule has 0 saturated heterocycles. The Hall–Kier alpha value is -1.52. The van der Waals surface area contributed by atoms with Gasteiger partial charge in [-0.15, -0.1) is 0 Å². The van der Waals surface area contributed by atoms with Crippen molar-refractivity contribution in [3.8, 4) is 0 Å². The maximum Gasteiger partial charge on any atom is 0.314 e. The Kier molecular flexibility index (Phi) is 5.45. The fourth-order valence-electron chi connectivity index (χ4n) is 7.70. The summed E-state index contributed by atoms with van der Waals surface area (Å²) in [4.78, 5) is 26.3. The highest BCUT2D eigenvalue weighted by atomic mass is 16.2. The molecule has 4 aliphatic rings. The van der Waals surface area contributed by atoms with E-state index in [-0.39, 0.29) is 17.4 Å². The average molecular weight is 402 g/mol. The van der Waals surface area contributed by atoms with Gasteiger partial charge in [0.2, 0.25) is 5.91 Å². The Labute approximate surface area is 176 Å². The van der Waals surface area contributed by atoms with Gasteiger partial charge >= 0.3 is 6.03 Å². The van der Waals surface area contributed by atoms with Crippen molar-refractivity contribution in [2.75, 3.05) is 20.1 Å². The number of urea groups is 1. The Morgan fingerprint density at radius 2 is 1.93 bits per heavy atom. The first-order valence-corrected chi connectivity index (χ1v) is 11.8. The summed E-state index contributed by atoms with van der Waals surface area (Å²) < 4.78 is 0. The minimum absolute atomic E-state index is 0.0133. The molecule has 3 aliphatic carbocycles. The van der Waals surface area contributed by atoms with Crippen LogP contribution in [0.4, 0.5) is 4.79 Å². The van der Waals surface area contributed by atoms with Crippen molar-refractivity contribution in [1.29, 1.82) is 0 Å². The van der Waals surface area contributed by atoms with Crippen LogP contribution in [0.25, 0.3) is 0 Å². The van der Waals surface area contributed by atoms with Crippen LogP contribution in [-0.2, 0) is 4.79 Å². The Balaban J connectivity index is 1.47. The van der Waals surface area contributed by atoms with Crippen LogP contribution in [0.3, 0.4) is 0 Å². The van der Waals surface area contributed by atoms with Crippen molar-refractivity contribution in [3.63, 3.8) is 0 Å². The zero-order valence-electron chi connectivity index (χ0n) is 18.7. The van der Waals surface area contributed by atoms with Gasteiger partial charge in [0, 0.05) is 31.6 Å². The molecule has 5 nitrogen and oxygen atoms in total. The molecular formula is C24H39N3O2. The zero-order chi connectivity index (χ0) is 20.8. The first-order chi connectivity index (χ1) is 13.8. The number of hydrogen-bond acceptors (Lipinski definition) is 2. The molecule has 0 aromatic heterocycles. The average Bonchev–Trinajstić information content (AvgIpc) is 3.04. The second kappa shape index (κ2) is 7.63. The van der Waals surface area contributed by atoms with Crippen molar-refractivity contribution in [3.05, 3.63) is 12.2 Å². The van der Waals surface area contributed by atoms with Crippen LogP contribution in [0.1, 0.15) is 65.7 Å². The number of hydrogen-bond donors (Lipinski definition) is 2.